The molecular formula is C22H26ClF4N3O3. The van der Waals surface area contributed by atoms with Gasteiger partial charge in [-0.15, -0.1) is 0 Å². The Morgan fingerprint density at radius 3 is 2.45 bits per heavy atom. The summed E-state index contributed by atoms with van der Waals surface area (Å²) in [5.41, 5.74) is 0. The first-order chi connectivity index (χ1) is 15.6. The van der Waals surface area contributed by atoms with E-state index in [-0.39, 0.29) is 60.7 Å². The smallest absolute Gasteiger partial charge is 0.391 e. The molecule has 4 atom stereocenters. The molecule has 6 nitrogen and oxygen atoms in total. The molecule has 3 N–H and O–H groups in total. The van der Waals surface area contributed by atoms with Crippen molar-refractivity contribution in [2.24, 2.45) is 17.8 Å². The van der Waals surface area contributed by atoms with Crippen LogP contribution >= 0.6 is 11.6 Å². The maximum absolute atomic E-state index is 13.5. The van der Waals surface area contributed by atoms with Crippen LogP contribution in [-0.4, -0.2) is 49.3 Å². The van der Waals surface area contributed by atoms with E-state index in [1.165, 1.54) is 12.1 Å². The van der Waals surface area contributed by atoms with Crippen LogP contribution in [-0.2, 0) is 9.59 Å². The van der Waals surface area contributed by atoms with Gasteiger partial charge in [-0.3, -0.25) is 9.59 Å². The fourth-order valence-corrected chi connectivity index (χ4v) is 5.16. The molecule has 0 radical (unpaired) electrons. The van der Waals surface area contributed by atoms with Gasteiger partial charge >= 0.3 is 6.18 Å². The lowest BCUT2D eigenvalue weighted by Crippen LogP contribution is -2.62. The number of halogens is 5. The van der Waals surface area contributed by atoms with E-state index in [4.69, 9.17) is 16.3 Å². The summed E-state index contributed by atoms with van der Waals surface area (Å²) in [5, 5.41) is 8.67. The second-order valence-electron chi connectivity index (χ2n) is 9.15. The zero-order valence-electron chi connectivity index (χ0n) is 17.8. The number of fused-ring (bicyclic) bond motifs is 2. The molecule has 1 aliphatic heterocycles. The van der Waals surface area contributed by atoms with E-state index in [1.54, 1.807) is 0 Å². The lowest BCUT2D eigenvalue weighted by atomic mass is 9.60. The molecule has 0 aromatic heterocycles. The molecule has 2 bridgehead atoms. The van der Waals surface area contributed by atoms with Gasteiger partial charge in [-0.25, -0.2) is 4.39 Å². The van der Waals surface area contributed by atoms with E-state index in [0.29, 0.717) is 12.3 Å². The third-order valence-corrected chi connectivity index (χ3v) is 7.28. The molecular weight excluding hydrogens is 466 g/mol. The third-order valence-electron chi connectivity index (χ3n) is 6.98. The van der Waals surface area contributed by atoms with Crippen molar-refractivity contribution in [3.63, 3.8) is 0 Å². The number of ether oxygens (including phenoxy) is 1. The van der Waals surface area contributed by atoms with Crippen molar-refractivity contribution >= 4 is 23.4 Å². The van der Waals surface area contributed by atoms with E-state index in [9.17, 15) is 27.2 Å². The van der Waals surface area contributed by atoms with Gasteiger partial charge in [0.1, 0.15) is 11.6 Å². The molecule has 4 unspecified atom stereocenters. The summed E-state index contributed by atoms with van der Waals surface area (Å²) in [6.45, 7) is -0.149. The van der Waals surface area contributed by atoms with Gasteiger partial charge in [0.15, 0.2) is 6.61 Å². The Balaban J connectivity index is 1.26. The summed E-state index contributed by atoms with van der Waals surface area (Å²) in [5.74, 6) is -2.16. The summed E-state index contributed by atoms with van der Waals surface area (Å²) in [7, 11) is 0. The van der Waals surface area contributed by atoms with Gasteiger partial charge in [-0.1, -0.05) is 11.6 Å². The molecule has 182 valence electrons. The fourth-order valence-electron chi connectivity index (χ4n) is 5.04. The zero-order valence-corrected chi connectivity index (χ0v) is 18.5. The molecule has 4 aliphatic rings. The summed E-state index contributed by atoms with van der Waals surface area (Å²) in [6, 6.07) is 2.66. The normalized spacial score (nSPS) is 31.3. The van der Waals surface area contributed by atoms with Crippen molar-refractivity contribution in [3.05, 3.63) is 29.0 Å². The van der Waals surface area contributed by atoms with Crippen molar-refractivity contribution < 1.29 is 31.9 Å². The van der Waals surface area contributed by atoms with Crippen LogP contribution in [0.2, 0.25) is 5.02 Å². The molecule has 33 heavy (non-hydrogen) atoms. The van der Waals surface area contributed by atoms with Crippen molar-refractivity contribution in [3.8, 4) is 5.75 Å². The van der Waals surface area contributed by atoms with Crippen LogP contribution in [0.3, 0.4) is 0 Å². The SMILES string of the molecule is O=C(COc1ccc(Cl)c(F)c1)NC1CC(NC(=O)C2CC(C(F)(F)F)CCN2)C2CC1C2. The van der Waals surface area contributed by atoms with Gasteiger partial charge in [0.05, 0.1) is 17.0 Å². The molecule has 0 spiro atoms. The molecule has 2 amide bonds. The highest BCUT2D eigenvalue weighted by atomic mass is 35.5. The lowest BCUT2D eigenvalue weighted by Gasteiger charge is -2.51. The van der Waals surface area contributed by atoms with E-state index in [2.05, 4.69) is 16.0 Å². The highest BCUT2D eigenvalue weighted by Crippen LogP contribution is 2.46. The van der Waals surface area contributed by atoms with Gasteiger partial charge in [0, 0.05) is 18.2 Å². The Morgan fingerprint density at radius 2 is 1.79 bits per heavy atom. The molecule has 1 heterocycles. The van der Waals surface area contributed by atoms with Crippen molar-refractivity contribution in [2.75, 3.05) is 13.2 Å². The van der Waals surface area contributed by atoms with Crippen LogP contribution in [0.1, 0.15) is 32.1 Å². The number of carbonyl (C=O) groups excluding carboxylic acids is 2. The first-order valence-corrected chi connectivity index (χ1v) is 11.5. The Morgan fingerprint density at radius 1 is 1.09 bits per heavy atom. The van der Waals surface area contributed by atoms with E-state index in [0.717, 1.165) is 18.9 Å². The summed E-state index contributed by atoms with van der Waals surface area (Å²) < 4.78 is 58.0. The second-order valence-corrected chi connectivity index (χ2v) is 9.56. The number of rotatable bonds is 6. The van der Waals surface area contributed by atoms with E-state index < -0.39 is 29.9 Å². The van der Waals surface area contributed by atoms with Gasteiger partial charge < -0.3 is 20.7 Å². The topological polar surface area (TPSA) is 79.5 Å². The number of hydrogen-bond donors (Lipinski definition) is 3. The minimum atomic E-state index is -4.30. The monoisotopic (exact) mass is 491 g/mol. The number of nitrogens with one attached hydrogen (secondary N) is 3. The first-order valence-electron chi connectivity index (χ1n) is 11.1. The number of alkyl halides is 3. The Bertz CT molecular complexity index is 894. The molecule has 1 saturated heterocycles. The highest BCUT2D eigenvalue weighted by molar-refractivity contribution is 6.30. The molecule has 1 aromatic carbocycles. The summed E-state index contributed by atoms with van der Waals surface area (Å²) >= 11 is 5.63. The molecule has 4 fully saturated rings. The summed E-state index contributed by atoms with van der Waals surface area (Å²) in [6.07, 6.45) is -2.41. The lowest BCUT2D eigenvalue weighted by molar-refractivity contribution is -0.183. The highest BCUT2D eigenvalue weighted by Gasteiger charge is 2.48. The largest absolute Gasteiger partial charge is 0.484 e. The van der Waals surface area contributed by atoms with Crippen LogP contribution in [0.4, 0.5) is 17.6 Å². The molecule has 3 saturated carbocycles. The number of benzene rings is 1. The van der Waals surface area contributed by atoms with Crippen molar-refractivity contribution in [1.82, 2.24) is 16.0 Å². The van der Waals surface area contributed by atoms with E-state index >= 15 is 0 Å². The molecule has 1 aromatic rings. The van der Waals surface area contributed by atoms with Crippen LogP contribution < -0.4 is 20.7 Å². The standard InChI is InChI=1S/C22H26ClF4N3O3/c23-15-2-1-14(8-16(15)24)33-10-20(31)29-17-9-18(12-5-11(17)6-12)30-21(32)19-7-13(3-4-28-19)22(25,26)27/h1-2,8,11-13,17-19,28H,3-7,9-10H2,(H,29,31)(H,30,32). The van der Waals surface area contributed by atoms with Crippen LogP contribution in [0.15, 0.2) is 18.2 Å². The minimum absolute atomic E-state index is 0.0279. The molecule has 5 rings (SSSR count). The Hall–Kier alpha value is -2.07. The number of hydrogen-bond acceptors (Lipinski definition) is 4. The fraction of sp³-hybridized carbons (Fsp3) is 0.636. The van der Waals surface area contributed by atoms with Crippen LogP contribution in [0, 0.1) is 23.6 Å². The number of piperidine rings is 1. The summed E-state index contributed by atoms with van der Waals surface area (Å²) in [4.78, 5) is 25.0. The number of amides is 2. The zero-order chi connectivity index (χ0) is 23.8. The maximum atomic E-state index is 13.5. The maximum Gasteiger partial charge on any atom is 0.391 e. The predicted molar refractivity (Wildman–Crippen MR) is 112 cm³/mol. The number of carbonyl (C=O) groups is 2. The Labute approximate surface area is 193 Å². The second kappa shape index (κ2) is 9.66. The van der Waals surface area contributed by atoms with Crippen LogP contribution in [0.25, 0.3) is 0 Å². The van der Waals surface area contributed by atoms with Gasteiger partial charge in [-0.05, 0) is 62.6 Å². The Kier molecular flexibility index (Phi) is 7.04. The average Bonchev–Trinajstić information content (AvgIpc) is 2.73. The first kappa shape index (κ1) is 24.1. The predicted octanol–water partition coefficient (Wildman–Crippen LogP) is 3.19. The van der Waals surface area contributed by atoms with Gasteiger partial charge in [0.2, 0.25) is 5.91 Å². The van der Waals surface area contributed by atoms with E-state index in [1.807, 2.05) is 0 Å². The third kappa shape index (κ3) is 5.71. The van der Waals surface area contributed by atoms with Gasteiger partial charge in [0.25, 0.3) is 5.91 Å². The molecule has 11 heteroatoms. The quantitative estimate of drug-likeness (QED) is 0.534. The van der Waals surface area contributed by atoms with Crippen LogP contribution in [0.5, 0.6) is 5.75 Å². The van der Waals surface area contributed by atoms with Gasteiger partial charge in [-0.2, -0.15) is 13.2 Å². The average molecular weight is 492 g/mol. The van der Waals surface area contributed by atoms with Crippen molar-refractivity contribution in [1.29, 1.82) is 0 Å². The van der Waals surface area contributed by atoms with Crippen molar-refractivity contribution in [2.45, 2.75) is 56.4 Å². The minimum Gasteiger partial charge on any atom is -0.484 e. The molecule has 3 aliphatic carbocycles.